The molecular formula is C23H32O2. The van der Waals surface area contributed by atoms with Crippen LogP contribution in [0.3, 0.4) is 0 Å². The van der Waals surface area contributed by atoms with Gasteiger partial charge in [-0.05, 0) is 78.9 Å². The zero-order chi connectivity index (χ0) is 17.8. The van der Waals surface area contributed by atoms with Gasteiger partial charge in [0.25, 0.3) is 0 Å². The third-order valence-electron chi connectivity index (χ3n) is 8.21. The first-order valence-corrected chi connectivity index (χ1v) is 10.4. The van der Waals surface area contributed by atoms with Crippen LogP contribution in [0.4, 0.5) is 0 Å². The lowest BCUT2D eigenvalue weighted by atomic mass is 9.48. The number of unbranched alkanes of at least 4 members (excludes halogenated alkanes) is 1. The maximum Gasteiger partial charge on any atom is 0.156 e. The number of Topliss-reactive ketones (excluding diaryl/α,β-unsaturated/α-hetero) is 1. The lowest BCUT2D eigenvalue weighted by Crippen LogP contribution is -2.49. The molecule has 0 aromatic rings. The summed E-state index contributed by atoms with van der Waals surface area (Å²) in [6.45, 7) is 6.89. The second-order valence-corrected chi connectivity index (χ2v) is 9.45. The van der Waals surface area contributed by atoms with Crippen molar-refractivity contribution in [2.75, 3.05) is 0 Å². The summed E-state index contributed by atoms with van der Waals surface area (Å²) in [6.07, 6.45) is 13.7. The van der Waals surface area contributed by atoms with E-state index in [0.717, 1.165) is 38.5 Å². The molecule has 0 unspecified atom stereocenters. The minimum atomic E-state index is -0.0877. The van der Waals surface area contributed by atoms with Crippen molar-refractivity contribution >= 4 is 11.6 Å². The predicted molar refractivity (Wildman–Crippen MR) is 100 cm³/mol. The van der Waals surface area contributed by atoms with E-state index in [0.29, 0.717) is 35.7 Å². The van der Waals surface area contributed by atoms with E-state index >= 15 is 0 Å². The highest BCUT2D eigenvalue weighted by atomic mass is 16.1. The molecular weight excluding hydrogens is 308 g/mol. The summed E-state index contributed by atoms with van der Waals surface area (Å²) in [5.74, 6) is 2.48. The molecule has 2 nitrogen and oxygen atoms in total. The van der Waals surface area contributed by atoms with E-state index in [4.69, 9.17) is 0 Å². The quantitative estimate of drug-likeness (QED) is 0.687. The van der Waals surface area contributed by atoms with Crippen molar-refractivity contribution in [3.05, 3.63) is 23.3 Å². The molecule has 0 aromatic heterocycles. The van der Waals surface area contributed by atoms with Crippen LogP contribution in [0.25, 0.3) is 0 Å². The van der Waals surface area contributed by atoms with Gasteiger partial charge in [-0.2, -0.15) is 0 Å². The number of allylic oxidation sites excluding steroid dienone is 4. The summed E-state index contributed by atoms with van der Waals surface area (Å²) in [4.78, 5) is 24.8. The molecule has 2 fully saturated rings. The van der Waals surface area contributed by atoms with Crippen molar-refractivity contribution in [2.45, 2.75) is 78.6 Å². The number of carbonyl (C=O) groups is 2. The van der Waals surface area contributed by atoms with Crippen molar-refractivity contribution in [3.8, 4) is 0 Å². The van der Waals surface area contributed by atoms with Gasteiger partial charge in [-0.1, -0.05) is 33.3 Å². The van der Waals surface area contributed by atoms with E-state index in [1.807, 2.05) is 6.08 Å². The molecule has 0 radical (unpaired) electrons. The molecule has 0 aliphatic heterocycles. The van der Waals surface area contributed by atoms with Crippen LogP contribution in [0.1, 0.15) is 78.6 Å². The van der Waals surface area contributed by atoms with Gasteiger partial charge >= 0.3 is 0 Å². The van der Waals surface area contributed by atoms with Gasteiger partial charge in [0.05, 0.1) is 0 Å². The molecule has 0 heterocycles. The molecule has 0 bridgehead atoms. The van der Waals surface area contributed by atoms with Crippen LogP contribution >= 0.6 is 0 Å². The topological polar surface area (TPSA) is 34.1 Å². The first-order valence-electron chi connectivity index (χ1n) is 10.4. The molecule has 0 saturated heterocycles. The highest BCUT2D eigenvalue weighted by Crippen LogP contribution is 2.64. The minimum Gasteiger partial charge on any atom is -0.299 e. The van der Waals surface area contributed by atoms with Gasteiger partial charge in [0.1, 0.15) is 5.78 Å². The average Bonchev–Trinajstić information content (AvgIpc) is 2.89. The Morgan fingerprint density at radius 1 is 1.04 bits per heavy atom. The SMILES string of the molecule is CCCCC1=C[C@@H]2[C@H](CC[C@]3(C)C(=O)CC[C@@H]23)[C@@]2(C)CCC(=O)C=C12. The maximum atomic E-state index is 12.6. The van der Waals surface area contributed by atoms with E-state index in [-0.39, 0.29) is 10.8 Å². The van der Waals surface area contributed by atoms with Crippen LogP contribution in [0, 0.1) is 28.6 Å². The summed E-state index contributed by atoms with van der Waals surface area (Å²) in [5, 5.41) is 0. The fourth-order valence-corrected chi connectivity index (χ4v) is 6.61. The Labute approximate surface area is 152 Å². The lowest BCUT2D eigenvalue weighted by Gasteiger charge is -2.56. The number of rotatable bonds is 3. The van der Waals surface area contributed by atoms with E-state index in [1.165, 1.54) is 24.0 Å². The Morgan fingerprint density at radius 3 is 2.56 bits per heavy atom. The number of carbonyl (C=O) groups excluding carboxylic acids is 2. The van der Waals surface area contributed by atoms with Gasteiger partial charge in [-0.3, -0.25) is 9.59 Å². The van der Waals surface area contributed by atoms with Crippen LogP contribution in [0.2, 0.25) is 0 Å². The third-order valence-corrected chi connectivity index (χ3v) is 8.21. The van der Waals surface area contributed by atoms with E-state index in [1.54, 1.807) is 0 Å². The van der Waals surface area contributed by atoms with Gasteiger partial charge in [0.15, 0.2) is 5.78 Å². The predicted octanol–water partition coefficient (Wildman–Crippen LogP) is 5.42. The lowest BCUT2D eigenvalue weighted by molar-refractivity contribution is -0.130. The molecule has 136 valence electrons. The van der Waals surface area contributed by atoms with Gasteiger partial charge in [0, 0.05) is 18.3 Å². The van der Waals surface area contributed by atoms with Gasteiger partial charge in [-0.15, -0.1) is 0 Å². The number of fused-ring (bicyclic) bond motifs is 5. The van der Waals surface area contributed by atoms with Crippen molar-refractivity contribution in [1.82, 2.24) is 0 Å². The monoisotopic (exact) mass is 340 g/mol. The molecule has 4 aliphatic rings. The molecule has 0 amide bonds. The molecule has 2 saturated carbocycles. The Hall–Kier alpha value is -1.18. The highest BCUT2D eigenvalue weighted by molar-refractivity contribution is 5.92. The van der Waals surface area contributed by atoms with Gasteiger partial charge in [0.2, 0.25) is 0 Å². The largest absolute Gasteiger partial charge is 0.299 e. The molecule has 0 N–H and O–H groups in total. The summed E-state index contributed by atoms with van der Waals surface area (Å²) in [7, 11) is 0. The number of ketones is 2. The second kappa shape index (κ2) is 5.93. The average molecular weight is 341 g/mol. The zero-order valence-corrected chi connectivity index (χ0v) is 16.1. The molecule has 25 heavy (non-hydrogen) atoms. The molecule has 4 aliphatic carbocycles. The highest BCUT2D eigenvalue weighted by Gasteiger charge is 2.58. The second-order valence-electron chi connectivity index (χ2n) is 9.45. The summed E-state index contributed by atoms with van der Waals surface area (Å²) >= 11 is 0. The maximum absolute atomic E-state index is 12.6. The summed E-state index contributed by atoms with van der Waals surface area (Å²) in [6, 6.07) is 0. The van der Waals surface area contributed by atoms with Crippen LogP contribution in [0.15, 0.2) is 23.3 Å². The van der Waals surface area contributed by atoms with E-state index in [9.17, 15) is 9.59 Å². The Morgan fingerprint density at radius 2 is 1.80 bits per heavy atom. The Balaban J connectivity index is 1.79. The first-order chi connectivity index (χ1) is 11.9. The van der Waals surface area contributed by atoms with Gasteiger partial charge < -0.3 is 0 Å². The fourth-order valence-electron chi connectivity index (χ4n) is 6.61. The molecule has 0 aromatic carbocycles. The van der Waals surface area contributed by atoms with Crippen LogP contribution < -0.4 is 0 Å². The molecule has 2 heteroatoms. The van der Waals surface area contributed by atoms with Crippen molar-refractivity contribution in [3.63, 3.8) is 0 Å². The zero-order valence-electron chi connectivity index (χ0n) is 16.1. The summed E-state index contributed by atoms with van der Waals surface area (Å²) in [5.41, 5.74) is 2.84. The molecule has 0 spiro atoms. The van der Waals surface area contributed by atoms with E-state index < -0.39 is 0 Å². The van der Waals surface area contributed by atoms with E-state index in [2.05, 4.69) is 26.8 Å². The standard InChI is InChI=1S/C23H32O2/c1-4-5-6-15-13-17-18-7-8-21(25)23(18,3)12-10-19(17)22(2)11-9-16(24)14-20(15)22/h13-14,17-19H,4-12H2,1-3H3/t17-,18-,19-,22+,23-/m0/s1. The Kier molecular flexibility index (Phi) is 4.09. The molecule has 5 atom stereocenters. The Bertz CT molecular complexity index is 670. The first kappa shape index (κ1) is 17.2. The minimum absolute atomic E-state index is 0.0877. The summed E-state index contributed by atoms with van der Waals surface area (Å²) < 4.78 is 0. The van der Waals surface area contributed by atoms with Crippen molar-refractivity contribution in [1.29, 1.82) is 0 Å². The number of hydrogen-bond acceptors (Lipinski definition) is 2. The fraction of sp³-hybridized carbons (Fsp3) is 0.739. The molecule has 4 rings (SSSR count). The van der Waals surface area contributed by atoms with Gasteiger partial charge in [-0.25, -0.2) is 0 Å². The van der Waals surface area contributed by atoms with Crippen molar-refractivity contribution in [2.24, 2.45) is 28.6 Å². The van der Waals surface area contributed by atoms with Crippen LogP contribution in [-0.2, 0) is 9.59 Å². The van der Waals surface area contributed by atoms with Crippen molar-refractivity contribution < 1.29 is 9.59 Å². The smallest absolute Gasteiger partial charge is 0.156 e. The van der Waals surface area contributed by atoms with Crippen LogP contribution in [-0.4, -0.2) is 11.6 Å². The number of hydrogen-bond donors (Lipinski definition) is 0. The normalized spacial score (nSPS) is 43.1. The van der Waals surface area contributed by atoms with Crippen LogP contribution in [0.5, 0.6) is 0 Å². The third kappa shape index (κ3) is 2.43.